The smallest absolute Gasteiger partial charge is 0.306 e. The van der Waals surface area contributed by atoms with E-state index in [4.69, 9.17) is 16.3 Å². The van der Waals surface area contributed by atoms with Gasteiger partial charge in [-0.25, -0.2) is 0 Å². The number of hydrogen-bond donors (Lipinski definition) is 2. The van der Waals surface area contributed by atoms with Gasteiger partial charge in [0.2, 0.25) is 5.78 Å². The van der Waals surface area contributed by atoms with Crippen LogP contribution in [-0.4, -0.2) is 50.9 Å². The van der Waals surface area contributed by atoms with Crippen molar-refractivity contribution >= 4 is 29.1 Å². The summed E-state index contributed by atoms with van der Waals surface area (Å²) in [5.74, 6) is -1.66. The second-order valence-electron chi connectivity index (χ2n) is 10.5. The number of alkyl halides is 1. The molecule has 4 aliphatic carbocycles. The minimum absolute atomic E-state index is 0.0696. The first kappa shape index (κ1) is 23.7. The van der Waals surface area contributed by atoms with Gasteiger partial charge in [-0.2, -0.15) is 0 Å². The van der Waals surface area contributed by atoms with E-state index >= 15 is 0 Å². The van der Waals surface area contributed by atoms with Gasteiger partial charge in [0.1, 0.15) is 6.61 Å². The van der Waals surface area contributed by atoms with E-state index in [2.05, 4.69) is 0 Å². The maximum absolute atomic E-state index is 13.2. The van der Waals surface area contributed by atoms with Crippen molar-refractivity contribution in [3.05, 3.63) is 23.8 Å². The van der Waals surface area contributed by atoms with E-state index in [9.17, 15) is 24.6 Å². The first-order valence-electron chi connectivity index (χ1n) is 11.6. The van der Waals surface area contributed by atoms with Crippen molar-refractivity contribution in [3.63, 3.8) is 0 Å². The molecule has 0 spiro atoms. The monoisotopic (exact) mass is 464 g/mol. The Morgan fingerprint density at radius 2 is 1.97 bits per heavy atom. The fourth-order valence-electron chi connectivity index (χ4n) is 7.77. The number of carbonyl (C=O) groups is 3. The summed E-state index contributed by atoms with van der Waals surface area (Å²) < 4.78 is 5.92. The van der Waals surface area contributed by atoms with Crippen molar-refractivity contribution in [3.8, 4) is 0 Å². The molecule has 4 unspecified atom stereocenters. The van der Waals surface area contributed by atoms with Gasteiger partial charge in [-0.15, -0.1) is 11.6 Å². The molecule has 176 valence electrons. The summed E-state index contributed by atoms with van der Waals surface area (Å²) in [6.07, 6.45) is 6.21. The molecule has 0 aliphatic heterocycles. The molecular weight excluding hydrogens is 432 g/mol. The number of hydrogen-bond acceptors (Lipinski definition) is 6. The molecule has 0 aromatic heterocycles. The van der Waals surface area contributed by atoms with Gasteiger partial charge in [0, 0.05) is 23.2 Å². The lowest BCUT2D eigenvalue weighted by Crippen LogP contribution is -2.69. The van der Waals surface area contributed by atoms with E-state index in [1.165, 1.54) is 6.08 Å². The van der Waals surface area contributed by atoms with Gasteiger partial charge < -0.3 is 14.9 Å². The first-order valence-corrected chi connectivity index (χ1v) is 12.0. The Balaban J connectivity index is 1.85. The summed E-state index contributed by atoms with van der Waals surface area (Å²) in [6, 6.07) is 0. The number of aliphatic hydroxyl groups excluding tert-OH is 2. The van der Waals surface area contributed by atoms with Crippen molar-refractivity contribution in [1.29, 1.82) is 0 Å². The number of fused-ring (bicyclic) bond motifs is 5. The highest BCUT2D eigenvalue weighted by atomic mass is 35.5. The highest BCUT2D eigenvalue weighted by Crippen LogP contribution is 2.72. The van der Waals surface area contributed by atoms with Crippen LogP contribution in [0.2, 0.25) is 0 Å². The van der Waals surface area contributed by atoms with Crippen LogP contribution in [0.3, 0.4) is 0 Å². The Hall–Kier alpha value is -1.50. The van der Waals surface area contributed by atoms with Crippen molar-refractivity contribution in [2.24, 2.45) is 28.6 Å². The van der Waals surface area contributed by atoms with Crippen LogP contribution in [0.1, 0.15) is 59.8 Å². The van der Waals surface area contributed by atoms with Gasteiger partial charge in [0.25, 0.3) is 0 Å². The molecule has 7 heteroatoms. The number of esters is 1. The predicted octanol–water partition coefficient (Wildman–Crippen LogP) is 3.13. The van der Waals surface area contributed by atoms with Crippen LogP contribution in [-0.2, 0) is 19.1 Å². The molecule has 0 heterocycles. The van der Waals surface area contributed by atoms with E-state index in [0.717, 1.165) is 5.57 Å². The summed E-state index contributed by atoms with van der Waals surface area (Å²) >= 11 is 7.41. The fraction of sp³-hybridized carbons (Fsp3) is 0.720. The highest BCUT2D eigenvalue weighted by molar-refractivity contribution is 6.26. The molecule has 3 saturated carbocycles. The molecule has 4 aliphatic rings. The van der Waals surface area contributed by atoms with Gasteiger partial charge in [0.15, 0.2) is 11.4 Å². The lowest BCUT2D eigenvalue weighted by Gasteiger charge is -2.64. The Morgan fingerprint density at radius 3 is 2.59 bits per heavy atom. The summed E-state index contributed by atoms with van der Waals surface area (Å²) in [4.78, 5) is 36.7. The van der Waals surface area contributed by atoms with Crippen molar-refractivity contribution in [1.82, 2.24) is 0 Å². The van der Waals surface area contributed by atoms with Crippen molar-refractivity contribution < 1.29 is 29.3 Å². The van der Waals surface area contributed by atoms with Crippen LogP contribution in [0.5, 0.6) is 0 Å². The topological polar surface area (TPSA) is 101 Å². The molecular formula is C25H33ClO6. The van der Waals surface area contributed by atoms with Crippen LogP contribution >= 0.6 is 11.6 Å². The molecule has 6 nitrogen and oxygen atoms in total. The molecule has 0 radical (unpaired) electrons. The molecule has 8 atom stereocenters. The van der Waals surface area contributed by atoms with Crippen molar-refractivity contribution in [2.75, 3.05) is 6.61 Å². The Morgan fingerprint density at radius 1 is 1.28 bits per heavy atom. The number of ether oxygens (including phenoxy) is 1. The Bertz CT molecular complexity index is 925. The van der Waals surface area contributed by atoms with E-state index < -0.39 is 45.8 Å². The first-order chi connectivity index (χ1) is 14.9. The van der Waals surface area contributed by atoms with Gasteiger partial charge in [-0.05, 0) is 49.7 Å². The number of carbonyl (C=O) groups excluding carboxylic acids is 3. The Kier molecular flexibility index (Phi) is 5.55. The average molecular weight is 465 g/mol. The number of allylic oxidation sites excluding steroid dienone is 4. The molecule has 0 bridgehead atoms. The van der Waals surface area contributed by atoms with E-state index in [0.29, 0.717) is 19.3 Å². The molecule has 0 amide bonds. The number of ketones is 2. The van der Waals surface area contributed by atoms with E-state index in [1.807, 2.05) is 26.8 Å². The minimum atomic E-state index is -1.51. The fourth-order valence-corrected chi connectivity index (χ4v) is 8.29. The van der Waals surface area contributed by atoms with Gasteiger partial charge >= 0.3 is 5.97 Å². The predicted molar refractivity (Wildman–Crippen MR) is 119 cm³/mol. The summed E-state index contributed by atoms with van der Waals surface area (Å²) in [5.41, 5.74) is -2.14. The standard InChI is InChI=1S/C25H33ClO6/c1-5-21(31)32-25(20(30)13-27)14(2)10-18-17-7-6-15-11-16(28)8-9-22(15,3)24(17,26)19(29)12-23(18,25)4/h8-9,11,14,17-19,27,29H,5-7,10,12-13H2,1-4H3/t14?,17?,18?,19?,22-,23-,24-,25-/m0/s1. The SMILES string of the molecule is CCC(=O)O[C@]1(C(=O)CO)C(C)CC2C3CCC4=CC(=O)C=C[C@]4(C)[C@@]3(Cl)C(O)C[C@@]21C. The lowest BCUT2D eigenvalue weighted by atomic mass is 9.45. The number of aliphatic hydroxyl groups is 2. The summed E-state index contributed by atoms with van der Waals surface area (Å²) in [6.45, 7) is 6.72. The van der Waals surface area contributed by atoms with E-state index in [-0.39, 0.29) is 36.4 Å². The largest absolute Gasteiger partial charge is 0.450 e. The van der Waals surface area contributed by atoms with Gasteiger partial charge in [0.05, 0.1) is 11.0 Å². The van der Waals surface area contributed by atoms with Crippen LogP contribution in [0.15, 0.2) is 23.8 Å². The molecule has 4 rings (SSSR count). The summed E-state index contributed by atoms with van der Waals surface area (Å²) in [5, 5.41) is 21.5. The maximum atomic E-state index is 13.2. The quantitative estimate of drug-likeness (QED) is 0.489. The zero-order chi connectivity index (χ0) is 23.7. The zero-order valence-corrected chi connectivity index (χ0v) is 19.9. The molecule has 0 aromatic carbocycles. The second kappa shape index (κ2) is 7.51. The molecule has 0 saturated heterocycles. The molecule has 3 fully saturated rings. The average Bonchev–Trinajstić information content (AvgIpc) is 2.96. The van der Waals surface area contributed by atoms with Crippen molar-refractivity contribution in [2.45, 2.75) is 76.4 Å². The summed E-state index contributed by atoms with van der Waals surface area (Å²) in [7, 11) is 0. The third-order valence-corrected chi connectivity index (χ3v) is 10.2. The third kappa shape index (κ3) is 2.69. The number of rotatable bonds is 4. The Labute approximate surface area is 194 Å². The van der Waals surface area contributed by atoms with Crippen LogP contribution in [0.25, 0.3) is 0 Å². The second-order valence-corrected chi connectivity index (χ2v) is 11.2. The number of halogens is 1. The minimum Gasteiger partial charge on any atom is -0.450 e. The van der Waals surface area contributed by atoms with Crippen LogP contribution in [0, 0.1) is 28.6 Å². The third-order valence-electron chi connectivity index (χ3n) is 9.30. The van der Waals surface area contributed by atoms with Gasteiger partial charge in [-0.1, -0.05) is 39.3 Å². The van der Waals surface area contributed by atoms with Gasteiger partial charge in [-0.3, -0.25) is 14.4 Å². The maximum Gasteiger partial charge on any atom is 0.306 e. The molecule has 0 aromatic rings. The zero-order valence-electron chi connectivity index (χ0n) is 19.2. The highest BCUT2D eigenvalue weighted by Gasteiger charge is 2.76. The van der Waals surface area contributed by atoms with Crippen LogP contribution < -0.4 is 0 Å². The molecule has 32 heavy (non-hydrogen) atoms. The number of Topliss-reactive ketones (excluding diaryl/α,β-unsaturated/α-hetero) is 1. The van der Waals surface area contributed by atoms with E-state index in [1.54, 1.807) is 13.0 Å². The lowest BCUT2D eigenvalue weighted by molar-refractivity contribution is -0.202. The normalized spacial score (nSPS) is 47.2. The molecule has 2 N–H and O–H groups in total. The van der Waals surface area contributed by atoms with Crippen LogP contribution in [0.4, 0.5) is 0 Å².